The maximum atomic E-state index is 12.6. The zero-order valence-electron chi connectivity index (χ0n) is 18.5. The Morgan fingerprint density at radius 3 is 2.75 bits per heavy atom. The van der Waals surface area contributed by atoms with E-state index in [9.17, 15) is 9.59 Å². The molecule has 4 rings (SSSR count). The molecule has 3 heterocycles. The van der Waals surface area contributed by atoms with Gasteiger partial charge in [-0.3, -0.25) is 9.59 Å². The first-order valence-corrected chi connectivity index (χ1v) is 10.9. The molecule has 2 aromatic rings. The summed E-state index contributed by atoms with van der Waals surface area (Å²) < 4.78 is 0. The van der Waals surface area contributed by atoms with Crippen LogP contribution in [0.3, 0.4) is 0 Å². The standard InChI is InChI=1S/C23H29N7O2/c1-29-10-4-8-19(31)30(2)11-5-9-24-21-20-18(23(32)28-22(20)27-15-26-21)13-25-17-7-3-6-16(12-17)14-29/h3,6-7,12-13,15,25H,4-5,8-11,14H2,1-2H3,(H2,24,26,27,28,32)/b18-13-. The molecular weight excluding hydrogens is 406 g/mol. The number of carbonyl (C=O) groups is 2. The second kappa shape index (κ2) is 9.78. The quantitative estimate of drug-likeness (QED) is 0.584. The van der Waals surface area contributed by atoms with Gasteiger partial charge in [0.05, 0.1) is 11.1 Å². The number of benzene rings is 1. The van der Waals surface area contributed by atoms with Crippen LogP contribution in [0.4, 0.5) is 17.3 Å². The van der Waals surface area contributed by atoms with E-state index in [0.29, 0.717) is 42.3 Å². The van der Waals surface area contributed by atoms with Gasteiger partial charge in [0.1, 0.15) is 18.0 Å². The Kier molecular flexibility index (Phi) is 6.65. The second-order valence-corrected chi connectivity index (χ2v) is 8.24. The number of rotatable bonds is 0. The van der Waals surface area contributed by atoms with E-state index in [-0.39, 0.29) is 11.8 Å². The van der Waals surface area contributed by atoms with Crippen molar-refractivity contribution in [3.05, 3.63) is 47.9 Å². The average Bonchev–Trinajstić information content (AvgIpc) is 3.10. The maximum Gasteiger partial charge on any atom is 0.259 e. The molecule has 0 unspecified atom stereocenters. The third kappa shape index (κ3) is 5.05. The lowest BCUT2D eigenvalue weighted by Gasteiger charge is -2.20. The van der Waals surface area contributed by atoms with Crippen molar-refractivity contribution in [3.8, 4) is 0 Å². The van der Waals surface area contributed by atoms with Gasteiger partial charge < -0.3 is 25.8 Å². The van der Waals surface area contributed by atoms with Gasteiger partial charge in [0.25, 0.3) is 5.91 Å². The van der Waals surface area contributed by atoms with Crippen molar-refractivity contribution in [2.24, 2.45) is 0 Å². The predicted molar refractivity (Wildman–Crippen MR) is 125 cm³/mol. The van der Waals surface area contributed by atoms with Gasteiger partial charge in [-0.2, -0.15) is 0 Å². The molecule has 2 aliphatic heterocycles. The maximum absolute atomic E-state index is 12.6. The van der Waals surface area contributed by atoms with Crippen LogP contribution in [0, 0.1) is 0 Å². The molecule has 0 saturated carbocycles. The molecule has 1 aromatic carbocycles. The lowest BCUT2D eigenvalue weighted by atomic mass is 10.1. The first-order valence-electron chi connectivity index (χ1n) is 10.9. The van der Waals surface area contributed by atoms with Crippen LogP contribution in [0.1, 0.15) is 30.4 Å². The van der Waals surface area contributed by atoms with Crippen LogP contribution < -0.4 is 16.0 Å². The topological polar surface area (TPSA) is 102 Å². The summed E-state index contributed by atoms with van der Waals surface area (Å²) in [6, 6.07) is 8.09. The number of carbonyl (C=O) groups excluding carboxylic acids is 2. The number of hydrogen-bond acceptors (Lipinski definition) is 7. The summed E-state index contributed by atoms with van der Waals surface area (Å²) in [6.07, 6.45) is 5.27. The van der Waals surface area contributed by atoms with Crippen LogP contribution in [-0.2, 0) is 16.1 Å². The van der Waals surface area contributed by atoms with Crippen molar-refractivity contribution >= 4 is 34.7 Å². The molecular formula is C23H29N7O2. The van der Waals surface area contributed by atoms with Gasteiger partial charge in [0.15, 0.2) is 0 Å². The predicted octanol–water partition coefficient (Wildman–Crippen LogP) is 2.37. The molecule has 1 aromatic heterocycles. The van der Waals surface area contributed by atoms with Crippen LogP contribution in [0.15, 0.2) is 36.8 Å². The molecule has 0 spiro atoms. The second-order valence-electron chi connectivity index (χ2n) is 8.24. The van der Waals surface area contributed by atoms with Crippen molar-refractivity contribution in [1.29, 1.82) is 0 Å². The van der Waals surface area contributed by atoms with E-state index in [4.69, 9.17) is 0 Å². The fourth-order valence-electron chi connectivity index (χ4n) is 3.94. The highest BCUT2D eigenvalue weighted by molar-refractivity contribution is 6.32. The number of hydrogen-bond donors (Lipinski definition) is 3. The van der Waals surface area contributed by atoms with Crippen molar-refractivity contribution in [3.63, 3.8) is 0 Å². The van der Waals surface area contributed by atoms with Gasteiger partial charge in [-0.15, -0.1) is 0 Å². The van der Waals surface area contributed by atoms with Crippen molar-refractivity contribution < 1.29 is 9.59 Å². The normalized spacial score (nSPS) is 19.9. The summed E-state index contributed by atoms with van der Waals surface area (Å²) in [4.78, 5) is 37.6. The van der Waals surface area contributed by atoms with Crippen molar-refractivity contribution in [2.75, 3.05) is 49.7 Å². The van der Waals surface area contributed by atoms with Gasteiger partial charge in [0, 0.05) is 45.0 Å². The summed E-state index contributed by atoms with van der Waals surface area (Å²) in [7, 11) is 3.91. The van der Waals surface area contributed by atoms with E-state index >= 15 is 0 Å². The summed E-state index contributed by atoms with van der Waals surface area (Å²) >= 11 is 0. The lowest BCUT2D eigenvalue weighted by Crippen LogP contribution is -2.29. The summed E-state index contributed by atoms with van der Waals surface area (Å²) in [5.74, 6) is 1.03. The molecule has 0 radical (unpaired) electrons. The number of nitrogens with zero attached hydrogens (tertiary/aromatic N) is 4. The summed E-state index contributed by atoms with van der Waals surface area (Å²) in [6.45, 7) is 2.91. The van der Waals surface area contributed by atoms with E-state index < -0.39 is 0 Å². The van der Waals surface area contributed by atoms with Gasteiger partial charge in [-0.25, -0.2) is 9.97 Å². The van der Waals surface area contributed by atoms with Gasteiger partial charge in [0.2, 0.25) is 5.91 Å². The molecule has 0 atom stereocenters. The molecule has 9 nitrogen and oxygen atoms in total. The highest BCUT2D eigenvalue weighted by Gasteiger charge is 2.29. The molecule has 168 valence electrons. The first-order chi connectivity index (χ1) is 15.5. The molecule has 0 saturated heterocycles. The van der Waals surface area contributed by atoms with Crippen molar-refractivity contribution in [1.82, 2.24) is 19.8 Å². The zero-order chi connectivity index (χ0) is 22.5. The first kappa shape index (κ1) is 21.8. The van der Waals surface area contributed by atoms with E-state index in [1.165, 1.54) is 6.33 Å². The Balaban J connectivity index is 1.62. The number of amides is 2. The molecule has 9 heteroatoms. The third-order valence-corrected chi connectivity index (χ3v) is 5.67. The number of fused-ring (bicyclic) bond motifs is 2. The Labute approximate surface area is 187 Å². The van der Waals surface area contributed by atoms with E-state index in [1.807, 2.05) is 19.2 Å². The largest absolute Gasteiger partial charge is 0.369 e. The average molecular weight is 436 g/mol. The molecule has 2 aliphatic rings. The van der Waals surface area contributed by atoms with Gasteiger partial charge in [-0.1, -0.05) is 12.1 Å². The Bertz CT molecular complexity index is 1040. The molecule has 3 N–H and O–H groups in total. The monoisotopic (exact) mass is 435 g/mol. The summed E-state index contributed by atoms with van der Waals surface area (Å²) in [5.41, 5.74) is 3.18. The van der Waals surface area contributed by atoms with E-state index in [0.717, 1.165) is 37.2 Å². The molecule has 2 bridgehead atoms. The van der Waals surface area contributed by atoms with Crippen LogP contribution in [0.25, 0.3) is 5.57 Å². The minimum Gasteiger partial charge on any atom is -0.369 e. The lowest BCUT2D eigenvalue weighted by molar-refractivity contribution is -0.130. The Hall–Kier alpha value is -3.46. The fourth-order valence-corrected chi connectivity index (χ4v) is 3.94. The molecule has 0 aliphatic carbocycles. The zero-order valence-corrected chi connectivity index (χ0v) is 18.5. The van der Waals surface area contributed by atoms with Crippen molar-refractivity contribution in [2.45, 2.75) is 25.8 Å². The van der Waals surface area contributed by atoms with Gasteiger partial charge in [-0.05, 0) is 44.1 Å². The molecule has 32 heavy (non-hydrogen) atoms. The fraction of sp³-hybridized carbons (Fsp3) is 0.391. The highest BCUT2D eigenvalue weighted by atomic mass is 16.2. The van der Waals surface area contributed by atoms with Crippen LogP contribution >= 0.6 is 0 Å². The molecule has 2 amide bonds. The van der Waals surface area contributed by atoms with Gasteiger partial charge >= 0.3 is 0 Å². The smallest absolute Gasteiger partial charge is 0.259 e. The number of nitrogens with one attached hydrogen (secondary N) is 3. The number of aromatic nitrogens is 2. The molecule has 0 fully saturated rings. The minimum atomic E-state index is -0.219. The SMILES string of the molecule is CN1CCCC(=O)N(C)CCCNc2ncnc3c2/C(=C/Nc2cccc(c2)C1)C(=O)N3. The van der Waals surface area contributed by atoms with E-state index in [2.05, 4.69) is 50.0 Å². The Morgan fingerprint density at radius 1 is 1.03 bits per heavy atom. The van der Waals surface area contributed by atoms with Crippen LogP contribution in [0.5, 0.6) is 0 Å². The number of anilines is 3. The third-order valence-electron chi connectivity index (χ3n) is 5.67. The van der Waals surface area contributed by atoms with Crippen LogP contribution in [0.2, 0.25) is 0 Å². The van der Waals surface area contributed by atoms with Crippen LogP contribution in [-0.4, -0.2) is 65.3 Å². The Morgan fingerprint density at radius 2 is 1.88 bits per heavy atom. The minimum absolute atomic E-state index is 0.158. The highest BCUT2D eigenvalue weighted by Crippen LogP contribution is 2.34. The summed E-state index contributed by atoms with van der Waals surface area (Å²) in [5, 5.41) is 9.36. The van der Waals surface area contributed by atoms with E-state index in [1.54, 1.807) is 11.1 Å².